The Labute approximate surface area is 155 Å². The molecule has 0 aliphatic carbocycles. The molecule has 0 saturated carbocycles. The van der Waals surface area contributed by atoms with Crippen LogP contribution >= 0.6 is 0 Å². The number of carbonyl (C=O) groups is 1. The van der Waals surface area contributed by atoms with Gasteiger partial charge < -0.3 is 4.90 Å². The molecule has 3 rings (SSSR count). The Balaban J connectivity index is 1.69. The third-order valence-electron chi connectivity index (χ3n) is 5.41. The number of amides is 1. The van der Waals surface area contributed by atoms with E-state index in [0.29, 0.717) is 47.0 Å². The predicted molar refractivity (Wildman–Crippen MR) is 103 cm³/mol. The summed E-state index contributed by atoms with van der Waals surface area (Å²) in [5, 5.41) is 0. The fourth-order valence-electron chi connectivity index (χ4n) is 3.76. The van der Waals surface area contributed by atoms with Gasteiger partial charge in [-0.2, -0.15) is 0 Å². The topological polar surface area (TPSA) is 78.5 Å². The van der Waals surface area contributed by atoms with Crippen molar-refractivity contribution in [2.75, 3.05) is 19.3 Å². The number of hydrogen-bond donors (Lipinski definition) is 2. The Morgan fingerprint density at radius 1 is 1.23 bits per heavy atom. The molecule has 1 fully saturated rings. The van der Waals surface area contributed by atoms with E-state index in [1.165, 1.54) is 0 Å². The summed E-state index contributed by atoms with van der Waals surface area (Å²) in [5.74, 6) is 0.535. The van der Waals surface area contributed by atoms with Crippen molar-refractivity contribution in [3.8, 4) is 0 Å². The average Bonchev–Trinajstić information content (AvgIpc) is 3.13. The summed E-state index contributed by atoms with van der Waals surface area (Å²) >= 11 is 0. The highest BCUT2D eigenvalue weighted by molar-refractivity contribution is 8.00. The third-order valence-corrected chi connectivity index (χ3v) is 7.26. The molecule has 2 N–H and O–H groups in total. The maximum absolute atomic E-state index is 12.8. The van der Waals surface area contributed by atoms with Crippen LogP contribution in [0.15, 0.2) is 30.3 Å². The molecule has 142 valence electrons. The van der Waals surface area contributed by atoms with Crippen LogP contribution in [-0.4, -0.2) is 50.7 Å². The molecular weight excluding hydrogens is 350 g/mol. The van der Waals surface area contributed by atoms with Gasteiger partial charge in [0.05, 0.1) is 10.7 Å². The zero-order valence-corrected chi connectivity index (χ0v) is 16.3. The van der Waals surface area contributed by atoms with E-state index in [4.69, 9.17) is 0 Å². The van der Waals surface area contributed by atoms with Crippen molar-refractivity contribution in [2.24, 2.45) is 5.92 Å². The van der Waals surface area contributed by atoms with Crippen molar-refractivity contribution in [1.29, 1.82) is 0 Å². The minimum absolute atomic E-state index is 0.0814. The van der Waals surface area contributed by atoms with Crippen molar-refractivity contribution in [2.45, 2.75) is 38.8 Å². The van der Waals surface area contributed by atoms with Gasteiger partial charge in [0, 0.05) is 31.2 Å². The zero-order chi connectivity index (χ0) is 18.9. The lowest BCUT2D eigenvalue weighted by Crippen LogP contribution is -2.32. The first-order chi connectivity index (χ1) is 12.3. The van der Waals surface area contributed by atoms with E-state index in [1.54, 1.807) is 42.3 Å². The van der Waals surface area contributed by atoms with Gasteiger partial charge in [-0.25, -0.2) is 8.42 Å². The summed E-state index contributed by atoms with van der Waals surface area (Å²) in [5.41, 5.74) is 7.60. The molecule has 0 bridgehead atoms. The Bertz CT molecular complexity index is 809. The van der Waals surface area contributed by atoms with Gasteiger partial charge in [-0.15, -0.1) is 0 Å². The molecular formula is C19H27N3O3S. The molecule has 2 atom stereocenters. The van der Waals surface area contributed by atoms with Gasteiger partial charge in [0.25, 0.3) is 5.91 Å². The van der Waals surface area contributed by atoms with Gasteiger partial charge >= 0.3 is 0 Å². The SMILES string of the molecule is CC1NNC(C)C1CCN(C)C(=O)c1cccc(C2=CCCS2(=O)=O)c1. The Hall–Kier alpha value is -1.70. The van der Waals surface area contributed by atoms with Gasteiger partial charge in [0.2, 0.25) is 0 Å². The molecule has 7 heteroatoms. The molecule has 0 spiro atoms. The highest BCUT2D eigenvalue weighted by Crippen LogP contribution is 2.29. The number of allylic oxidation sites excluding steroid dienone is 1. The van der Waals surface area contributed by atoms with Crippen LogP contribution in [0.4, 0.5) is 0 Å². The van der Waals surface area contributed by atoms with E-state index in [9.17, 15) is 13.2 Å². The second kappa shape index (κ2) is 7.50. The lowest BCUT2D eigenvalue weighted by atomic mass is 9.93. The van der Waals surface area contributed by atoms with Crippen molar-refractivity contribution >= 4 is 20.6 Å². The quantitative estimate of drug-likeness (QED) is 0.818. The first kappa shape index (κ1) is 19.1. The predicted octanol–water partition coefficient (Wildman–Crippen LogP) is 1.81. The molecule has 1 aromatic carbocycles. The minimum Gasteiger partial charge on any atom is -0.342 e. The average molecular weight is 378 g/mol. The summed E-state index contributed by atoms with van der Waals surface area (Å²) < 4.78 is 24.2. The largest absolute Gasteiger partial charge is 0.342 e. The van der Waals surface area contributed by atoms with E-state index in [2.05, 4.69) is 24.7 Å². The minimum atomic E-state index is -3.21. The number of nitrogens with zero attached hydrogens (tertiary/aromatic N) is 1. The summed E-state index contributed by atoms with van der Waals surface area (Å²) in [6.07, 6.45) is 3.19. The fourth-order valence-corrected chi connectivity index (χ4v) is 5.27. The monoisotopic (exact) mass is 377 g/mol. The van der Waals surface area contributed by atoms with E-state index in [0.717, 1.165) is 6.42 Å². The fraction of sp³-hybridized carbons (Fsp3) is 0.526. The molecule has 2 aliphatic heterocycles. The normalized spacial score (nSPS) is 27.3. The molecule has 1 amide bonds. The number of rotatable bonds is 5. The molecule has 1 aromatic rings. The molecule has 0 radical (unpaired) electrons. The van der Waals surface area contributed by atoms with Gasteiger partial charge in [-0.1, -0.05) is 18.2 Å². The lowest BCUT2D eigenvalue weighted by molar-refractivity contribution is 0.0785. The van der Waals surface area contributed by atoms with Gasteiger partial charge in [0.15, 0.2) is 9.84 Å². The Morgan fingerprint density at radius 2 is 1.92 bits per heavy atom. The Kier molecular flexibility index (Phi) is 5.50. The molecule has 2 unspecified atom stereocenters. The highest BCUT2D eigenvalue weighted by Gasteiger charge is 2.30. The van der Waals surface area contributed by atoms with Crippen molar-refractivity contribution in [3.05, 3.63) is 41.5 Å². The molecule has 2 heterocycles. The van der Waals surface area contributed by atoms with Crippen molar-refractivity contribution in [3.63, 3.8) is 0 Å². The van der Waals surface area contributed by atoms with Crippen LogP contribution in [0.3, 0.4) is 0 Å². The van der Waals surface area contributed by atoms with Crippen LogP contribution < -0.4 is 10.9 Å². The van der Waals surface area contributed by atoms with Crippen LogP contribution in [0.1, 0.15) is 42.6 Å². The third kappa shape index (κ3) is 3.84. The van der Waals surface area contributed by atoms with Crippen LogP contribution in [0.2, 0.25) is 0 Å². The lowest BCUT2D eigenvalue weighted by Gasteiger charge is -2.23. The zero-order valence-electron chi connectivity index (χ0n) is 15.5. The maximum atomic E-state index is 12.8. The number of hydrazine groups is 1. The molecule has 6 nitrogen and oxygen atoms in total. The van der Waals surface area contributed by atoms with E-state index in [-0.39, 0.29) is 11.7 Å². The second-order valence-electron chi connectivity index (χ2n) is 7.30. The molecule has 1 saturated heterocycles. The summed E-state index contributed by atoms with van der Waals surface area (Å²) in [6.45, 7) is 4.94. The van der Waals surface area contributed by atoms with Gasteiger partial charge in [-0.05, 0) is 50.3 Å². The molecule has 26 heavy (non-hydrogen) atoms. The second-order valence-corrected chi connectivity index (χ2v) is 9.38. The number of carbonyl (C=O) groups excluding carboxylic acids is 1. The highest BCUT2D eigenvalue weighted by atomic mass is 32.2. The number of hydrogen-bond acceptors (Lipinski definition) is 5. The van der Waals surface area contributed by atoms with Crippen LogP contribution in [-0.2, 0) is 9.84 Å². The standard InChI is InChI=1S/C19H27N3O3S/c1-13-17(14(2)21-20-13)9-10-22(3)19(23)16-7-4-6-15(12-16)18-8-5-11-26(18,24)25/h4,6-8,12-14,17,20-21H,5,9-11H2,1-3H3. The van der Waals surface area contributed by atoms with Crippen molar-refractivity contribution in [1.82, 2.24) is 15.8 Å². The van der Waals surface area contributed by atoms with Crippen LogP contribution in [0.25, 0.3) is 4.91 Å². The van der Waals surface area contributed by atoms with Crippen LogP contribution in [0, 0.1) is 5.92 Å². The number of nitrogens with one attached hydrogen (secondary N) is 2. The summed E-state index contributed by atoms with van der Waals surface area (Å²) in [6, 6.07) is 7.68. The summed E-state index contributed by atoms with van der Waals surface area (Å²) in [4.78, 5) is 14.8. The van der Waals surface area contributed by atoms with Crippen molar-refractivity contribution < 1.29 is 13.2 Å². The maximum Gasteiger partial charge on any atom is 0.253 e. The number of sulfone groups is 1. The Morgan fingerprint density at radius 3 is 2.54 bits per heavy atom. The van der Waals surface area contributed by atoms with E-state index < -0.39 is 9.84 Å². The smallest absolute Gasteiger partial charge is 0.253 e. The van der Waals surface area contributed by atoms with E-state index >= 15 is 0 Å². The van der Waals surface area contributed by atoms with Gasteiger partial charge in [-0.3, -0.25) is 15.6 Å². The molecule has 0 aromatic heterocycles. The van der Waals surface area contributed by atoms with Crippen LogP contribution in [0.5, 0.6) is 0 Å². The first-order valence-electron chi connectivity index (χ1n) is 9.09. The summed E-state index contributed by atoms with van der Waals surface area (Å²) in [7, 11) is -1.42. The number of benzene rings is 1. The van der Waals surface area contributed by atoms with E-state index in [1.807, 2.05) is 0 Å². The first-order valence-corrected chi connectivity index (χ1v) is 10.7. The molecule has 2 aliphatic rings. The van der Waals surface area contributed by atoms with Gasteiger partial charge in [0.1, 0.15) is 0 Å².